The lowest BCUT2D eigenvalue weighted by Gasteiger charge is -2.11. The van der Waals surface area contributed by atoms with Crippen LogP contribution in [0, 0.1) is 13.8 Å². The zero-order chi connectivity index (χ0) is 23.1. The van der Waals surface area contributed by atoms with Gasteiger partial charge in [-0.05, 0) is 43.7 Å². The minimum atomic E-state index is -0.349. The topological polar surface area (TPSA) is 76.9 Å². The number of amides is 1. The fraction of sp³-hybridized carbons (Fsp3) is 0.120. The van der Waals surface area contributed by atoms with Crippen molar-refractivity contribution >= 4 is 55.0 Å². The molecule has 0 aliphatic heterocycles. The van der Waals surface area contributed by atoms with E-state index < -0.39 is 0 Å². The second kappa shape index (κ2) is 8.42. The van der Waals surface area contributed by atoms with Crippen LogP contribution in [0.5, 0.6) is 0 Å². The van der Waals surface area contributed by atoms with E-state index in [4.69, 9.17) is 16.6 Å². The molecule has 2 aromatic carbocycles. The summed E-state index contributed by atoms with van der Waals surface area (Å²) in [6.07, 6.45) is 0. The molecule has 5 rings (SSSR count). The zero-order valence-corrected chi connectivity index (χ0v) is 19.5. The maximum absolute atomic E-state index is 13.3. The van der Waals surface area contributed by atoms with Gasteiger partial charge in [0.25, 0.3) is 5.56 Å². The van der Waals surface area contributed by atoms with E-state index in [0.717, 1.165) is 27.0 Å². The summed E-state index contributed by atoms with van der Waals surface area (Å²) in [7, 11) is 0. The number of hydrogen-bond donors (Lipinski definition) is 1. The number of carbonyl (C=O) groups excluding carboxylic acids is 1. The highest BCUT2D eigenvalue weighted by molar-refractivity contribution is 7.25. The lowest BCUT2D eigenvalue weighted by molar-refractivity contribution is -0.116. The molecule has 164 valence electrons. The molecule has 0 spiro atoms. The number of hydrogen-bond acceptors (Lipinski definition) is 5. The summed E-state index contributed by atoms with van der Waals surface area (Å²) in [4.78, 5) is 36.1. The normalized spacial score (nSPS) is 11.2. The average molecular weight is 475 g/mol. The van der Waals surface area contributed by atoms with Crippen LogP contribution in [0.3, 0.4) is 0 Å². The molecular weight excluding hydrogens is 456 g/mol. The van der Waals surface area contributed by atoms with E-state index in [0.29, 0.717) is 26.8 Å². The predicted octanol–water partition coefficient (Wildman–Crippen LogP) is 5.58. The van der Waals surface area contributed by atoms with E-state index >= 15 is 0 Å². The molecule has 0 aliphatic carbocycles. The molecule has 0 atom stereocenters. The Morgan fingerprint density at radius 2 is 1.85 bits per heavy atom. The first-order valence-electron chi connectivity index (χ1n) is 10.3. The highest BCUT2D eigenvalue weighted by atomic mass is 35.5. The SMILES string of the molecule is Cc1ccc(NC(=O)Cn2c(C)nc3c(sc4nc(-c5ccccc5)ccc43)c2=O)c(Cl)c1. The largest absolute Gasteiger partial charge is 0.323 e. The Balaban J connectivity index is 1.51. The van der Waals surface area contributed by atoms with Gasteiger partial charge in [-0.1, -0.05) is 48.0 Å². The average Bonchev–Trinajstić information content (AvgIpc) is 3.17. The molecule has 3 aromatic heterocycles. The molecule has 0 radical (unpaired) electrons. The number of carbonyl (C=O) groups is 1. The van der Waals surface area contributed by atoms with Crippen LogP contribution in [-0.2, 0) is 11.3 Å². The molecule has 0 unspecified atom stereocenters. The van der Waals surface area contributed by atoms with Gasteiger partial charge in [-0.2, -0.15) is 0 Å². The number of fused-ring (bicyclic) bond motifs is 3. The maximum atomic E-state index is 13.3. The monoisotopic (exact) mass is 474 g/mol. The number of nitrogens with zero attached hydrogens (tertiary/aromatic N) is 3. The van der Waals surface area contributed by atoms with E-state index in [9.17, 15) is 9.59 Å². The number of anilines is 1. The third kappa shape index (κ3) is 4.01. The van der Waals surface area contributed by atoms with Crippen molar-refractivity contribution in [3.05, 3.63) is 87.4 Å². The van der Waals surface area contributed by atoms with Gasteiger partial charge in [0.15, 0.2) is 0 Å². The van der Waals surface area contributed by atoms with Gasteiger partial charge in [0.05, 0.1) is 21.9 Å². The van der Waals surface area contributed by atoms with Crippen LogP contribution < -0.4 is 10.9 Å². The van der Waals surface area contributed by atoms with E-state index in [1.807, 2.05) is 55.5 Å². The van der Waals surface area contributed by atoms with Gasteiger partial charge in [-0.3, -0.25) is 14.2 Å². The number of nitrogens with one attached hydrogen (secondary N) is 1. The van der Waals surface area contributed by atoms with Gasteiger partial charge >= 0.3 is 0 Å². The molecule has 0 saturated carbocycles. The van der Waals surface area contributed by atoms with E-state index in [1.54, 1.807) is 19.1 Å². The van der Waals surface area contributed by atoms with Gasteiger partial charge < -0.3 is 5.32 Å². The lowest BCUT2D eigenvalue weighted by Crippen LogP contribution is -2.29. The lowest BCUT2D eigenvalue weighted by atomic mass is 10.1. The van der Waals surface area contributed by atoms with Crippen molar-refractivity contribution in [2.75, 3.05) is 5.32 Å². The van der Waals surface area contributed by atoms with Crippen molar-refractivity contribution in [1.82, 2.24) is 14.5 Å². The minimum absolute atomic E-state index is 0.158. The number of aryl methyl sites for hydroxylation is 2. The Bertz CT molecular complexity index is 1590. The van der Waals surface area contributed by atoms with Crippen LogP contribution >= 0.6 is 22.9 Å². The molecule has 33 heavy (non-hydrogen) atoms. The number of aromatic nitrogens is 3. The molecule has 5 aromatic rings. The van der Waals surface area contributed by atoms with Crippen molar-refractivity contribution in [3.8, 4) is 11.3 Å². The van der Waals surface area contributed by atoms with E-state index in [1.165, 1.54) is 15.9 Å². The summed E-state index contributed by atoms with van der Waals surface area (Å²) >= 11 is 7.51. The summed E-state index contributed by atoms with van der Waals surface area (Å²) in [5.41, 5.74) is 3.70. The van der Waals surface area contributed by atoms with Crippen molar-refractivity contribution in [3.63, 3.8) is 0 Å². The molecule has 1 N–H and O–H groups in total. The van der Waals surface area contributed by atoms with Crippen LogP contribution in [0.25, 0.3) is 31.7 Å². The van der Waals surface area contributed by atoms with Gasteiger partial charge in [0, 0.05) is 10.9 Å². The van der Waals surface area contributed by atoms with E-state index in [-0.39, 0.29) is 18.0 Å². The maximum Gasteiger partial charge on any atom is 0.272 e. The summed E-state index contributed by atoms with van der Waals surface area (Å²) in [5, 5.41) is 4.05. The van der Waals surface area contributed by atoms with Crippen LogP contribution in [-0.4, -0.2) is 20.4 Å². The first-order valence-corrected chi connectivity index (χ1v) is 11.5. The molecule has 6 nitrogen and oxygen atoms in total. The standard InChI is InChI=1S/C25H19ClN4O2S/c1-14-8-10-20(18(26)12-14)28-21(31)13-30-15(2)27-22-17-9-11-19(16-6-4-3-5-7-16)29-24(17)33-23(22)25(30)32/h3-12H,13H2,1-2H3,(H,28,31). The number of pyridine rings is 1. The van der Waals surface area contributed by atoms with Crippen LogP contribution in [0.15, 0.2) is 65.5 Å². The van der Waals surface area contributed by atoms with Crippen molar-refractivity contribution in [2.24, 2.45) is 0 Å². The second-order valence-electron chi connectivity index (χ2n) is 7.78. The fourth-order valence-corrected chi connectivity index (χ4v) is 5.07. The molecule has 0 bridgehead atoms. The van der Waals surface area contributed by atoms with Crippen molar-refractivity contribution < 1.29 is 4.79 Å². The molecular formula is C25H19ClN4O2S. The molecule has 0 fully saturated rings. The number of benzene rings is 2. The molecule has 3 heterocycles. The van der Waals surface area contributed by atoms with Crippen LogP contribution in [0.4, 0.5) is 5.69 Å². The molecule has 0 saturated heterocycles. The quantitative estimate of drug-likeness (QED) is 0.368. The summed E-state index contributed by atoms with van der Waals surface area (Å²) in [6, 6.07) is 19.1. The summed E-state index contributed by atoms with van der Waals surface area (Å²) in [6.45, 7) is 3.49. The van der Waals surface area contributed by atoms with Crippen LogP contribution in [0.2, 0.25) is 5.02 Å². The van der Waals surface area contributed by atoms with Gasteiger partial charge in [0.2, 0.25) is 5.91 Å². The van der Waals surface area contributed by atoms with Gasteiger partial charge in [0.1, 0.15) is 21.9 Å². The first kappa shape index (κ1) is 21.3. The molecule has 1 amide bonds. The Labute approximate surface area is 198 Å². The second-order valence-corrected chi connectivity index (χ2v) is 9.18. The van der Waals surface area contributed by atoms with Crippen molar-refractivity contribution in [2.45, 2.75) is 20.4 Å². The number of halogens is 1. The predicted molar refractivity (Wildman–Crippen MR) is 134 cm³/mol. The number of thiophene rings is 1. The zero-order valence-electron chi connectivity index (χ0n) is 17.9. The van der Waals surface area contributed by atoms with Crippen LogP contribution in [0.1, 0.15) is 11.4 Å². The van der Waals surface area contributed by atoms with E-state index in [2.05, 4.69) is 10.3 Å². The number of rotatable bonds is 4. The highest BCUT2D eigenvalue weighted by Crippen LogP contribution is 2.31. The highest BCUT2D eigenvalue weighted by Gasteiger charge is 2.17. The molecule has 8 heteroatoms. The Hall–Kier alpha value is -3.55. The Morgan fingerprint density at radius 1 is 1.06 bits per heavy atom. The smallest absolute Gasteiger partial charge is 0.272 e. The Morgan fingerprint density at radius 3 is 2.61 bits per heavy atom. The third-order valence-electron chi connectivity index (χ3n) is 5.40. The fourth-order valence-electron chi connectivity index (χ4n) is 3.72. The summed E-state index contributed by atoms with van der Waals surface area (Å²) < 4.78 is 1.86. The van der Waals surface area contributed by atoms with Gasteiger partial charge in [-0.15, -0.1) is 11.3 Å². The Kier molecular flexibility index (Phi) is 5.44. The minimum Gasteiger partial charge on any atom is -0.323 e. The summed E-state index contributed by atoms with van der Waals surface area (Å²) in [5.74, 6) is 0.113. The third-order valence-corrected chi connectivity index (χ3v) is 6.79. The van der Waals surface area contributed by atoms with Gasteiger partial charge in [-0.25, -0.2) is 9.97 Å². The van der Waals surface area contributed by atoms with Crippen molar-refractivity contribution in [1.29, 1.82) is 0 Å². The first-order chi connectivity index (χ1) is 15.9. The molecule has 0 aliphatic rings.